The molecule has 104 valence electrons. The van der Waals surface area contributed by atoms with Crippen LogP contribution in [0.3, 0.4) is 0 Å². The Kier molecular flexibility index (Phi) is 3.57. The van der Waals surface area contributed by atoms with Crippen LogP contribution in [0.25, 0.3) is 0 Å². The van der Waals surface area contributed by atoms with E-state index in [2.05, 4.69) is 28.1 Å². The van der Waals surface area contributed by atoms with Crippen molar-refractivity contribution >= 4 is 15.9 Å². The molecule has 1 aliphatic carbocycles. The largest absolute Gasteiger partial charge is 0.497 e. The fourth-order valence-electron chi connectivity index (χ4n) is 2.90. The molecule has 1 atom stereocenters. The first-order valence-corrected chi connectivity index (χ1v) is 7.54. The van der Waals surface area contributed by atoms with Crippen molar-refractivity contribution in [2.75, 3.05) is 7.11 Å². The molecule has 20 heavy (non-hydrogen) atoms. The van der Waals surface area contributed by atoms with E-state index in [-0.39, 0.29) is 0 Å². The lowest BCUT2D eigenvalue weighted by atomic mass is 9.76. The van der Waals surface area contributed by atoms with Crippen molar-refractivity contribution in [2.45, 2.75) is 24.9 Å². The zero-order chi connectivity index (χ0) is 14.2. The molecular weight excluding hydrogens is 316 g/mol. The fourth-order valence-corrected chi connectivity index (χ4v) is 3.31. The highest BCUT2D eigenvalue weighted by Gasteiger charge is 2.34. The molecule has 2 aromatic rings. The minimum atomic E-state index is -0.796. The molecule has 3 heteroatoms. The average Bonchev–Trinajstić information content (AvgIpc) is 2.48. The zero-order valence-corrected chi connectivity index (χ0v) is 13.0. The summed E-state index contributed by atoms with van der Waals surface area (Å²) in [5.74, 6) is 0.789. The Balaban J connectivity index is 1.96. The zero-order valence-electron chi connectivity index (χ0n) is 11.4. The van der Waals surface area contributed by atoms with Gasteiger partial charge in [-0.3, -0.25) is 0 Å². The maximum absolute atomic E-state index is 11.0. The second-order valence-electron chi connectivity index (χ2n) is 5.35. The number of halogens is 1. The van der Waals surface area contributed by atoms with Gasteiger partial charge in [-0.1, -0.05) is 34.1 Å². The number of fused-ring (bicyclic) bond motifs is 1. The van der Waals surface area contributed by atoms with E-state index in [9.17, 15) is 5.11 Å². The Labute approximate surface area is 127 Å². The Morgan fingerprint density at radius 2 is 2.00 bits per heavy atom. The average molecular weight is 333 g/mol. The summed E-state index contributed by atoms with van der Waals surface area (Å²) in [6.07, 6.45) is 2.29. The van der Waals surface area contributed by atoms with Crippen LogP contribution in [0.5, 0.6) is 5.75 Å². The second kappa shape index (κ2) is 5.23. The smallest absolute Gasteiger partial charge is 0.119 e. The van der Waals surface area contributed by atoms with Crippen LogP contribution in [0, 0.1) is 0 Å². The maximum Gasteiger partial charge on any atom is 0.119 e. The SMILES string of the molecule is COc1cccc(C2(O)CCc3cc(Br)ccc3C2)c1. The highest BCUT2D eigenvalue weighted by molar-refractivity contribution is 9.10. The van der Waals surface area contributed by atoms with Crippen LogP contribution in [0.2, 0.25) is 0 Å². The third-order valence-electron chi connectivity index (χ3n) is 4.07. The van der Waals surface area contributed by atoms with Gasteiger partial charge in [0.2, 0.25) is 0 Å². The second-order valence-corrected chi connectivity index (χ2v) is 6.27. The monoisotopic (exact) mass is 332 g/mol. The first-order chi connectivity index (χ1) is 9.60. The number of aryl methyl sites for hydroxylation is 1. The number of hydrogen-bond acceptors (Lipinski definition) is 2. The highest BCUT2D eigenvalue weighted by atomic mass is 79.9. The normalized spacial score (nSPS) is 21.4. The molecular formula is C17H17BrO2. The molecule has 0 saturated carbocycles. The Bertz CT molecular complexity index is 639. The van der Waals surface area contributed by atoms with E-state index in [4.69, 9.17) is 4.74 Å². The Hall–Kier alpha value is -1.32. The third kappa shape index (κ3) is 2.48. The standard InChI is InChI=1S/C17H17BrO2/c1-20-16-4-2-3-14(10-16)17(19)8-7-12-9-15(18)6-5-13(12)11-17/h2-6,9-10,19H,7-8,11H2,1H3. The van der Waals surface area contributed by atoms with E-state index < -0.39 is 5.60 Å². The number of rotatable bonds is 2. The molecule has 0 heterocycles. The van der Waals surface area contributed by atoms with Crippen molar-refractivity contribution in [1.82, 2.24) is 0 Å². The molecule has 1 unspecified atom stereocenters. The van der Waals surface area contributed by atoms with Gasteiger partial charge in [0, 0.05) is 10.9 Å². The number of benzene rings is 2. The lowest BCUT2D eigenvalue weighted by molar-refractivity contribution is 0.0220. The van der Waals surface area contributed by atoms with E-state index in [0.29, 0.717) is 6.42 Å². The van der Waals surface area contributed by atoms with Crippen LogP contribution in [0.4, 0.5) is 0 Å². The predicted octanol–water partition coefficient (Wildman–Crippen LogP) is 3.83. The third-order valence-corrected chi connectivity index (χ3v) is 4.56. The highest BCUT2D eigenvalue weighted by Crippen LogP contribution is 2.38. The molecule has 0 amide bonds. The molecule has 0 spiro atoms. The molecule has 0 fully saturated rings. The summed E-state index contributed by atoms with van der Waals surface area (Å²) in [7, 11) is 1.65. The molecule has 2 nitrogen and oxygen atoms in total. The first kappa shape index (κ1) is 13.7. The van der Waals surface area contributed by atoms with E-state index in [1.807, 2.05) is 30.3 Å². The van der Waals surface area contributed by atoms with Crippen molar-refractivity contribution in [3.05, 3.63) is 63.6 Å². The topological polar surface area (TPSA) is 29.5 Å². The minimum absolute atomic E-state index is 0.656. The number of methoxy groups -OCH3 is 1. The number of hydrogen-bond donors (Lipinski definition) is 1. The van der Waals surface area contributed by atoms with Crippen molar-refractivity contribution in [2.24, 2.45) is 0 Å². The summed E-state index contributed by atoms with van der Waals surface area (Å²) in [6, 6.07) is 14.0. The van der Waals surface area contributed by atoms with Gasteiger partial charge in [0.15, 0.2) is 0 Å². The van der Waals surface area contributed by atoms with Crippen LogP contribution in [0.1, 0.15) is 23.1 Å². The Morgan fingerprint density at radius 1 is 1.15 bits per heavy atom. The van der Waals surface area contributed by atoms with Gasteiger partial charge in [0.25, 0.3) is 0 Å². The summed E-state index contributed by atoms with van der Waals surface area (Å²) in [5, 5.41) is 11.0. The van der Waals surface area contributed by atoms with E-state index in [1.54, 1.807) is 7.11 Å². The van der Waals surface area contributed by atoms with Crippen LogP contribution >= 0.6 is 15.9 Å². The summed E-state index contributed by atoms with van der Waals surface area (Å²) in [5.41, 5.74) is 2.69. The van der Waals surface area contributed by atoms with E-state index >= 15 is 0 Å². The van der Waals surface area contributed by atoms with Gasteiger partial charge in [-0.05, 0) is 53.8 Å². The van der Waals surface area contributed by atoms with Gasteiger partial charge in [-0.25, -0.2) is 0 Å². The number of aliphatic hydroxyl groups is 1. The summed E-state index contributed by atoms with van der Waals surface area (Å²) in [4.78, 5) is 0. The van der Waals surface area contributed by atoms with Gasteiger partial charge < -0.3 is 9.84 Å². The molecule has 0 aromatic heterocycles. The van der Waals surface area contributed by atoms with Crippen molar-refractivity contribution in [1.29, 1.82) is 0 Å². The van der Waals surface area contributed by atoms with Gasteiger partial charge in [0.05, 0.1) is 12.7 Å². The molecule has 2 aromatic carbocycles. The van der Waals surface area contributed by atoms with Crippen molar-refractivity contribution < 1.29 is 9.84 Å². The van der Waals surface area contributed by atoms with E-state index in [1.165, 1.54) is 11.1 Å². The summed E-state index contributed by atoms with van der Waals surface area (Å²) < 4.78 is 6.36. The van der Waals surface area contributed by atoms with Gasteiger partial charge >= 0.3 is 0 Å². The van der Waals surface area contributed by atoms with Crippen LogP contribution in [-0.2, 0) is 18.4 Å². The predicted molar refractivity (Wildman–Crippen MR) is 83.1 cm³/mol. The molecule has 1 aliphatic rings. The van der Waals surface area contributed by atoms with Gasteiger partial charge in [0.1, 0.15) is 5.75 Å². The molecule has 0 radical (unpaired) electrons. The molecule has 0 saturated heterocycles. The lowest BCUT2D eigenvalue weighted by Gasteiger charge is -2.34. The van der Waals surface area contributed by atoms with Gasteiger partial charge in [-0.2, -0.15) is 0 Å². The van der Waals surface area contributed by atoms with Crippen LogP contribution < -0.4 is 4.74 Å². The van der Waals surface area contributed by atoms with E-state index in [0.717, 1.165) is 28.6 Å². The minimum Gasteiger partial charge on any atom is -0.497 e. The van der Waals surface area contributed by atoms with Gasteiger partial charge in [-0.15, -0.1) is 0 Å². The van der Waals surface area contributed by atoms with Crippen molar-refractivity contribution in [3.8, 4) is 5.75 Å². The van der Waals surface area contributed by atoms with Crippen LogP contribution in [-0.4, -0.2) is 12.2 Å². The molecule has 0 aliphatic heterocycles. The molecule has 3 rings (SSSR count). The molecule has 1 N–H and O–H groups in total. The first-order valence-electron chi connectivity index (χ1n) is 6.75. The maximum atomic E-state index is 11.0. The fraction of sp³-hybridized carbons (Fsp3) is 0.294. The summed E-state index contributed by atoms with van der Waals surface area (Å²) >= 11 is 3.50. The van der Waals surface area contributed by atoms with Crippen LogP contribution in [0.15, 0.2) is 46.9 Å². The lowest BCUT2D eigenvalue weighted by Crippen LogP contribution is -2.33. The quantitative estimate of drug-likeness (QED) is 0.905. The Morgan fingerprint density at radius 3 is 2.80 bits per heavy atom. The summed E-state index contributed by atoms with van der Waals surface area (Å²) in [6.45, 7) is 0. The number of ether oxygens (including phenoxy) is 1. The molecule has 0 bridgehead atoms. The van der Waals surface area contributed by atoms with Crippen molar-refractivity contribution in [3.63, 3.8) is 0 Å².